The van der Waals surface area contributed by atoms with E-state index >= 15 is 0 Å². The molecule has 1 saturated heterocycles. The van der Waals surface area contributed by atoms with Crippen LogP contribution in [-0.4, -0.2) is 29.2 Å². The molecule has 2 unspecified atom stereocenters. The normalized spacial score (nSPS) is 18.0. The highest BCUT2D eigenvalue weighted by Crippen LogP contribution is 2.24. The smallest absolute Gasteiger partial charge is 0.226 e. The average Bonchev–Trinajstić information content (AvgIpc) is 3.04. The molecular weight excluding hydrogens is 375 g/mol. The maximum atomic E-state index is 13.7. The fraction of sp³-hybridized carbons (Fsp3) is 0.500. The number of hydrogen-bond acceptors (Lipinski definition) is 5. The molecule has 5 nitrogen and oxygen atoms in total. The van der Waals surface area contributed by atoms with E-state index in [9.17, 15) is 9.18 Å². The zero-order valence-corrected chi connectivity index (χ0v) is 16.3. The zero-order valence-electron chi connectivity index (χ0n) is 14.7. The van der Waals surface area contributed by atoms with Gasteiger partial charge in [-0.15, -0.1) is 22.6 Å². The molecule has 26 heavy (non-hydrogen) atoms. The van der Waals surface area contributed by atoms with Gasteiger partial charge in [-0.3, -0.25) is 4.79 Å². The van der Waals surface area contributed by atoms with Gasteiger partial charge in [0, 0.05) is 12.8 Å². The Balaban J connectivity index is 0.00000243. The Morgan fingerprint density at radius 1 is 1.42 bits per heavy atom. The summed E-state index contributed by atoms with van der Waals surface area (Å²) in [7, 11) is 0. The van der Waals surface area contributed by atoms with Crippen molar-refractivity contribution in [2.75, 3.05) is 18.4 Å². The Hall–Kier alpha value is -1.57. The van der Waals surface area contributed by atoms with E-state index in [-0.39, 0.29) is 24.1 Å². The first kappa shape index (κ1) is 20.7. The molecule has 1 aromatic carbocycles. The highest BCUT2D eigenvalue weighted by atomic mass is 35.5. The van der Waals surface area contributed by atoms with E-state index < -0.39 is 0 Å². The summed E-state index contributed by atoms with van der Waals surface area (Å²) in [6.45, 7) is 4.19. The lowest BCUT2D eigenvalue weighted by molar-refractivity contribution is -0.117. The van der Waals surface area contributed by atoms with Crippen LogP contribution in [0, 0.1) is 17.7 Å². The van der Waals surface area contributed by atoms with Gasteiger partial charge in [-0.05, 0) is 49.4 Å². The van der Waals surface area contributed by atoms with Crippen LogP contribution in [0.3, 0.4) is 0 Å². The van der Waals surface area contributed by atoms with Gasteiger partial charge >= 0.3 is 0 Å². The topological polar surface area (TPSA) is 66.9 Å². The number of carbonyl (C=O) groups excluding carboxylic acids is 1. The van der Waals surface area contributed by atoms with Crippen LogP contribution in [0.1, 0.15) is 36.8 Å². The molecule has 142 valence electrons. The van der Waals surface area contributed by atoms with E-state index in [4.69, 9.17) is 0 Å². The van der Waals surface area contributed by atoms with Crippen molar-refractivity contribution in [1.82, 2.24) is 15.5 Å². The van der Waals surface area contributed by atoms with Gasteiger partial charge in [0.1, 0.15) is 10.8 Å². The van der Waals surface area contributed by atoms with Crippen molar-refractivity contribution in [3.8, 4) is 0 Å². The van der Waals surface area contributed by atoms with Crippen molar-refractivity contribution in [2.24, 2.45) is 11.8 Å². The predicted molar refractivity (Wildman–Crippen MR) is 104 cm³/mol. The fourth-order valence-corrected chi connectivity index (χ4v) is 3.95. The van der Waals surface area contributed by atoms with Gasteiger partial charge < -0.3 is 10.6 Å². The number of amides is 1. The monoisotopic (exact) mass is 398 g/mol. The summed E-state index contributed by atoms with van der Waals surface area (Å²) in [5.41, 5.74) is 0.579. The molecule has 1 amide bonds. The standard InChI is InChI=1S/C18H23FN4OS.ClH/c1-12(14-6-4-8-20-11-14)9-16(24)21-18-23-22-17(25-18)10-13-5-2-3-7-15(13)19;/h2-3,5,7,12,14,20H,4,6,8-11H2,1H3,(H,21,23,24);1H. The minimum Gasteiger partial charge on any atom is -0.316 e. The van der Waals surface area contributed by atoms with E-state index in [1.54, 1.807) is 18.2 Å². The molecule has 0 bridgehead atoms. The van der Waals surface area contributed by atoms with Gasteiger partial charge in [0.2, 0.25) is 11.0 Å². The molecule has 3 rings (SSSR count). The van der Waals surface area contributed by atoms with Gasteiger partial charge in [-0.1, -0.05) is 36.5 Å². The number of anilines is 1. The number of nitrogens with zero attached hydrogens (tertiary/aromatic N) is 2. The molecule has 0 aliphatic carbocycles. The van der Waals surface area contributed by atoms with Gasteiger partial charge in [-0.2, -0.15) is 0 Å². The van der Waals surface area contributed by atoms with E-state index in [0.717, 1.165) is 13.1 Å². The minimum atomic E-state index is -0.252. The Bertz CT molecular complexity index is 721. The molecule has 2 aromatic rings. The summed E-state index contributed by atoms with van der Waals surface area (Å²) in [5, 5.41) is 15.4. The van der Waals surface area contributed by atoms with Crippen molar-refractivity contribution < 1.29 is 9.18 Å². The number of rotatable bonds is 6. The van der Waals surface area contributed by atoms with Crippen LogP contribution in [0.2, 0.25) is 0 Å². The van der Waals surface area contributed by atoms with Crippen LogP contribution in [0.15, 0.2) is 24.3 Å². The van der Waals surface area contributed by atoms with Crippen molar-refractivity contribution in [2.45, 2.75) is 32.6 Å². The largest absolute Gasteiger partial charge is 0.316 e. The molecule has 2 heterocycles. The lowest BCUT2D eigenvalue weighted by Gasteiger charge is -2.27. The number of benzene rings is 1. The molecule has 1 fully saturated rings. The van der Waals surface area contributed by atoms with Crippen LogP contribution in [0.5, 0.6) is 0 Å². The summed E-state index contributed by atoms with van der Waals surface area (Å²) in [4.78, 5) is 12.2. The lowest BCUT2D eigenvalue weighted by Crippen LogP contribution is -2.34. The Morgan fingerprint density at radius 2 is 2.23 bits per heavy atom. The van der Waals surface area contributed by atoms with Crippen LogP contribution in [0.25, 0.3) is 0 Å². The second kappa shape index (κ2) is 9.94. The molecular formula is C18H24ClFN4OS. The second-order valence-corrected chi connectivity index (χ2v) is 7.67. The number of hydrogen-bond donors (Lipinski definition) is 2. The molecule has 1 aromatic heterocycles. The number of nitrogens with one attached hydrogen (secondary N) is 2. The number of halogens is 2. The van der Waals surface area contributed by atoms with Gasteiger partial charge in [0.05, 0.1) is 0 Å². The predicted octanol–water partition coefficient (Wildman–Crippen LogP) is 3.65. The summed E-state index contributed by atoms with van der Waals surface area (Å²) in [6, 6.07) is 6.62. The molecule has 0 saturated carbocycles. The third kappa shape index (κ3) is 5.72. The van der Waals surface area contributed by atoms with E-state index in [1.807, 2.05) is 0 Å². The second-order valence-electron chi connectivity index (χ2n) is 6.61. The summed E-state index contributed by atoms with van der Waals surface area (Å²) < 4.78 is 13.7. The molecule has 2 N–H and O–H groups in total. The van der Waals surface area contributed by atoms with Crippen molar-refractivity contribution in [1.29, 1.82) is 0 Å². The first-order chi connectivity index (χ1) is 12.1. The van der Waals surface area contributed by atoms with Gasteiger partial charge in [-0.25, -0.2) is 4.39 Å². The number of aromatic nitrogens is 2. The maximum Gasteiger partial charge on any atom is 0.226 e. The van der Waals surface area contributed by atoms with Crippen LogP contribution >= 0.6 is 23.7 Å². The Morgan fingerprint density at radius 3 is 2.96 bits per heavy atom. The van der Waals surface area contributed by atoms with E-state index in [2.05, 4.69) is 27.8 Å². The third-order valence-corrected chi connectivity index (χ3v) is 5.50. The first-order valence-corrected chi connectivity index (χ1v) is 9.50. The number of carbonyl (C=O) groups is 1. The molecule has 8 heteroatoms. The molecule has 0 radical (unpaired) electrons. The summed E-state index contributed by atoms with van der Waals surface area (Å²) in [6.07, 6.45) is 3.21. The molecule has 1 aliphatic rings. The zero-order chi connectivity index (χ0) is 17.6. The number of piperidine rings is 1. The maximum absolute atomic E-state index is 13.7. The first-order valence-electron chi connectivity index (χ1n) is 8.68. The van der Waals surface area contributed by atoms with Crippen LogP contribution < -0.4 is 10.6 Å². The van der Waals surface area contributed by atoms with Crippen molar-refractivity contribution in [3.05, 3.63) is 40.7 Å². The van der Waals surface area contributed by atoms with Crippen LogP contribution in [0.4, 0.5) is 9.52 Å². The van der Waals surface area contributed by atoms with E-state index in [1.165, 1.54) is 30.2 Å². The Kier molecular flexibility index (Phi) is 7.93. The SMILES string of the molecule is CC(CC(=O)Nc1nnc(Cc2ccccc2F)s1)C1CCCNC1.Cl. The molecule has 1 aliphatic heterocycles. The fourth-order valence-electron chi connectivity index (χ4n) is 3.17. The lowest BCUT2D eigenvalue weighted by atomic mass is 9.85. The van der Waals surface area contributed by atoms with E-state index in [0.29, 0.717) is 40.4 Å². The van der Waals surface area contributed by atoms with Gasteiger partial charge in [0.25, 0.3) is 0 Å². The average molecular weight is 399 g/mol. The summed E-state index contributed by atoms with van der Waals surface area (Å²) >= 11 is 1.29. The molecule has 0 spiro atoms. The summed E-state index contributed by atoms with van der Waals surface area (Å²) in [5.74, 6) is 0.592. The highest BCUT2D eigenvalue weighted by molar-refractivity contribution is 7.15. The third-order valence-electron chi connectivity index (χ3n) is 4.66. The van der Waals surface area contributed by atoms with Crippen molar-refractivity contribution >= 4 is 34.8 Å². The quantitative estimate of drug-likeness (QED) is 0.779. The van der Waals surface area contributed by atoms with Crippen LogP contribution in [-0.2, 0) is 11.2 Å². The highest BCUT2D eigenvalue weighted by Gasteiger charge is 2.22. The Labute approximate surface area is 163 Å². The van der Waals surface area contributed by atoms with Gasteiger partial charge in [0.15, 0.2) is 0 Å². The minimum absolute atomic E-state index is 0. The van der Waals surface area contributed by atoms with Crippen molar-refractivity contribution in [3.63, 3.8) is 0 Å². The molecule has 2 atom stereocenters.